The maximum atomic E-state index is 11.2. The summed E-state index contributed by atoms with van der Waals surface area (Å²) in [5.74, 6) is 1.84. The highest BCUT2D eigenvalue weighted by molar-refractivity contribution is 7.98. The van der Waals surface area contributed by atoms with Gasteiger partial charge in [-0.1, -0.05) is 18.1 Å². The number of methoxy groups -OCH3 is 1. The van der Waals surface area contributed by atoms with Crippen LogP contribution in [0.2, 0.25) is 0 Å². The lowest BCUT2D eigenvalue weighted by Crippen LogP contribution is -2.14. The van der Waals surface area contributed by atoms with Crippen LogP contribution in [0.5, 0.6) is 0 Å². The molecule has 7 heteroatoms. The van der Waals surface area contributed by atoms with Crippen molar-refractivity contribution in [3.63, 3.8) is 0 Å². The normalized spacial score (nSPS) is 12.1. The summed E-state index contributed by atoms with van der Waals surface area (Å²) in [5, 5.41) is 3.88. The SMILES string of the molecule is COC(=O)C(C)CSCc1nc(-c2ccccn2)no1. The summed E-state index contributed by atoms with van der Waals surface area (Å²) in [7, 11) is 1.39. The summed E-state index contributed by atoms with van der Waals surface area (Å²) in [5.41, 5.74) is 0.676. The number of aromatic nitrogens is 3. The monoisotopic (exact) mass is 293 g/mol. The number of rotatable bonds is 6. The molecular formula is C13H15N3O3S. The van der Waals surface area contributed by atoms with E-state index in [0.29, 0.717) is 28.9 Å². The molecular weight excluding hydrogens is 278 g/mol. The zero-order valence-electron chi connectivity index (χ0n) is 11.3. The lowest BCUT2D eigenvalue weighted by molar-refractivity contribution is -0.143. The molecule has 0 N–H and O–H groups in total. The molecule has 2 heterocycles. The zero-order chi connectivity index (χ0) is 14.4. The number of nitrogens with zero attached hydrogens (tertiary/aromatic N) is 3. The van der Waals surface area contributed by atoms with Crippen LogP contribution in [0.15, 0.2) is 28.9 Å². The average Bonchev–Trinajstić information content (AvgIpc) is 2.96. The molecule has 0 spiro atoms. The van der Waals surface area contributed by atoms with Gasteiger partial charge in [0.25, 0.3) is 0 Å². The van der Waals surface area contributed by atoms with Crippen LogP contribution in [-0.2, 0) is 15.3 Å². The van der Waals surface area contributed by atoms with Crippen molar-refractivity contribution in [3.8, 4) is 11.5 Å². The average molecular weight is 293 g/mol. The summed E-state index contributed by atoms with van der Waals surface area (Å²) < 4.78 is 9.81. The highest BCUT2D eigenvalue weighted by Crippen LogP contribution is 2.18. The van der Waals surface area contributed by atoms with Crippen LogP contribution in [-0.4, -0.2) is 34.0 Å². The second-order valence-corrected chi connectivity index (χ2v) is 5.20. The molecule has 0 saturated heterocycles. The summed E-state index contributed by atoms with van der Waals surface area (Å²) in [6.07, 6.45) is 1.68. The van der Waals surface area contributed by atoms with Gasteiger partial charge in [-0.05, 0) is 12.1 Å². The summed E-state index contributed by atoms with van der Waals surface area (Å²) >= 11 is 1.55. The molecule has 0 radical (unpaired) electrons. The van der Waals surface area contributed by atoms with Crippen molar-refractivity contribution in [3.05, 3.63) is 30.3 Å². The fraction of sp³-hybridized carbons (Fsp3) is 0.385. The molecule has 2 rings (SSSR count). The quantitative estimate of drug-likeness (QED) is 0.755. The van der Waals surface area contributed by atoms with Gasteiger partial charge in [-0.25, -0.2) is 0 Å². The van der Waals surface area contributed by atoms with Crippen molar-refractivity contribution < 1.29 is 14.1 Å². The second kappa shape index (κ2) is 7.04. The van der Waals surface area contributed by atoms with Gasteiger partial charge in [0.15, 0.2) is 0 Å². The molecule has 0 aliphatic carbocycles. The first-order valence-corrected chi connectivity index (χ1v) is 7.25. The van der Waals surface area contributed by atoms with Gasteiger partial charge in [-0.15, -0.1) is 0 Å². The van der Waals surface area contributed by atoms with Crippen LogP contribution < -0.4 is 0 Å². The lowest BCUT2D eigenvalue weighted by Gasteiger charge is -2.06. The minimum Gasteiger partial charge on any atom is -0.469 e. The highest BCUT2D eigenvalue weighted by atomic mass is 32.2. The van der Waals surface area contributed by atoms with Crippen molar-refractivity contribution in [2.24, 2.45) is 5.92 Å². The fourth-order valence-corrected chi connectivity index (χ4v) is 2.40. The molecule has 6 nitrogen and oxygen atoms in total. The van der Waals surface area contributed by atoms with E-state index in [4.69, 9.17) is 4.52 Å². The van der Waals surface area contributed by atoms with Gasteiger partial charge in [0.1, 0.15) is 5.69 Å². The maximum Gasteiger partial charge on any atom is 0.309 e. The van der Waals surface area contributed by atoms with E-state index in [-0.39, 0.29) is 11.9 Å². The molecule has 1 unspecified atom stereocenters. The van der Waals surface area contributed by atoms with Crippen molar-refractivity contribution in [1.29, 1.82) is 0 Å². The molecule has 106 valence electrons. The number of carbonyl (C=O) groups excluding carboxylic acids is 1. The van der Waals surface area contributed by atoms with Crippen LogP contribution in [0.1, 0.15) is 12.8 Å². The number of pyridine rings is 1. The van der Waals surface area contributed by atoms with Crippen LogP contribution in [0.25, 0.3) is 11.5 Å². The largest absolute Gasteiger partial charge is 0.469 e. The third-order valence-corrected chi connectivity index (χ3v) is 3.75. The molecule has 2 aromatic heterocycles. The number of ether oxygens (including phenoxy) is 1. The van der Waals surface area contributed by atoms with Gasteiger partial charge in [0, 0.05) is 11.9 Å². The Morgan fingerprint density at radius 1 is 1.50 bits per heavy atom. The predicted octanol–water partition coefficient (Wildman–Crippen LogP) is 2.17. The van der Waals surface area contributed by atoms with Crippen molar-refractivity contribution in [1.82, 2.24) is 15.1 Å². The first-order valence-electron chi connectivity index (χ1n) is 6.10. The molecule has 0 aliphatic heterocycles. The van der Waals surface area contributed by atoms with Crippen molar-refractivity contribution >= 4 is 17.7 Å². The molecule has 2 aromatic rings. The third-order valence-electron chi connectivity index (χ3n) is 2.56. The fourth-order valence-electron chi connectivity index (χ4n) is 1.50. The summed E-state index contributed by atoms with van der Waals surface area (Å²) in [6, 6.07) is 5.51. The Bertz CT molecular complexity index is 559. The molecule has 0 amide bonds. The van der Waals surface area contributed by atoms with Gasteiger partial charge in [0.2, 0.25) is 11.7 Å². The topological polar surface area (TPSA) is 78.1 Å². The minimum atomic E-state index is -0.211. The molecule has 0 fully saturated rings. The minimum absolute atomic E-state index is 0.150. The Morgan fingerprint density at radius 3 is 3.05 bits per heavy atom. The zero-order valence-corrected chi connectivity index (χ0v) is 12.1. The first kappa shape index (κ1) is 14.5. The standard InChI is InChI=1S/C13H15N3O3S/c1-9(13(17)18-2)7-20-8-11-15-12(16-19-11)10-5-3-4-6-14-10/h3-6,9H,7-8H2,1-2H3. The van der Waals surface area contributed by atoms with E-state index in [1.165, 1.54) is 7.11 Å². The Balaban J connectivity index is 1.86. The number of hydrogen-bond donors (Lipinski definition) is 0. The van der Waals surface area contributed by atoms with Gasteiger partial charge in [0.05, 0.1) is 18.8 Å². The van der Waals surface area contributed by atoms with Crippen LogP contribution in [0, 0.1) is 5.92 Å². The van der Waals surface area contributed by atoms with E-state index < -0.39 is 0 Å². The second-order valence-electron chi connectivity index (χ2n) is 4.17. The summed E-state index contributed by atoms with van der Waals surface area (Å²) in [6.45, 7) is 1.83. The Hall–Kier alpha value is -1.89. The van der Waals surface area contributed by atoms with Gasteiger partial charge >= 0.3 is 5.97 Å². The van der Waals surface area contributed by atoms with Crippen molar-refractivity contribution in [2.45, 2.75) is 12.7 Å². The Morgan fingerprint density at radius 2 is 2.35 bits per heavy atom. The van der Waals surface area contributed by atoms with Crippen LogP contribution in [0.4, 0.5) is 0 Å². The molecule has 0 bridgehead atoms. The summed E-state index contributed by atoms with van der Waals surface area (Å²) in [4.78, 5) is 19.7. The first-order chi connectivity index (χ1) is 9.70. The predicted molar refractivity (Wildman–Crippen MR) is 74.9 cm³/mol. The molecule has 0 saturated carbocycles. The number of thioether (sulfide) groups is 1. The molecule has 0 aliphatic rings. The highest BCUT2D eigenvalue weighted by Gasteiger charge is 2.14. The van der Waals surface area contributed by atoms with Gasteiger partial charge < -0.3 is 9.26 Å². The number of esters is 1. The van der Waals surface area contributed by atoms with E-state index in [9.17, 15) is 4.79 Å². The number of hydrogen-bond acceptors (Lipinski definition) is 7. The van der Waals surface area contributed by atoms with Crippen LogP contribution in [0.3, 0.4) is 0 Å². The molecule has 1 atom stereocenters. The third kappa shape index (κ3) is 3.80. The Labute approximate surface area is 120 Å². The van der Waals surface area contributed by atoms with E-state index in [0.717, 1.165) is 0 Å². The van der Waals surface area contributed by atoms with E-state index in [1.807, 2.05) is 25.1 Å². The maximum absolute atomic E-state index is 11.2. The Kier molecular flexibility index (Phi) is 5.11. The lowest BCUT2D eigenvalue weighted by atomic mass is 10.2. The smallest absolute Gasteiger partial charge is 0.309 e. The van der Waals surface area contributed by atoms with E-state index >= 15 is 0 Å². The van der Waals surface area contributed by atoms with Crippen LogP contribution >= 0.6 is 11.8 Å². The van der Waals surface area contributed by atoms with Crippen molar-refractivity contribution in [2.75, 3.05) is 12.9 Å². The van der Waals surface area contributed by atoms with Gasteiger partial charge in [-0.2, -0.15) is 16.7 Å². The molecule has 20 heavy (non-hydrogen) atoms. The van der Waals surface area contributed by atoms with Gasteiger partial charge in [-0.3, -0.25) is 9.78 Å². The van der Waals surface area contributed by atoms with E-state index in [2.05, 4.69) is 19.9 Å². The molecule has 0 aromatic carbocycles. The number of carbonyl (C=O) groups is 1. The van der Waals surface area contributed by atoms with E-state index in [1.54, 1.807) is 18.0 Å².